The lowest BCUT2D eigenvalue weighted by Crippen LogP contribution is -2.35. The van der Waals surface area contributed by atoms with Gasteiger partial charge in [-0.2, -0.15) is 13.2 Å². The van der Waals surface area contributed by atoms with E-state index in [-0.39, 0.29) is 6.04 Å². The van der Waals surface area contributed by atoms with Crippen LogP contribution in [0.5, 0.6) is 0 Å². The van der Waals surface area contributed by atoms with Crippen molar-refractivity contribution in [2.45, 2.75) is 41.3 Å². The topological polar surface area (TPSA) is 24.1 Å². The number of fused-ring (bicyclic) bond motifs is 2. The summed E-state index contributed by atoms with van der Waals surface area (Å²) in [7, 11) is 0. The van der Waals surface area contributed by atoms with E-state index in [1.165, 1.54) is 29.5 Å². The van der Waals surface area contributed by atoms with Gasteiger partial charge in [0.25, 0.3) is 0 Å². The number of hydrogen-bond acceptors (Lipinski definition) is 3. The second-order valence-electron chi connectivity index (χ2n) is 6.55. The monoisotopic (exact) mass is 364 g/mol. The molecule has 132 valence electrons. The zero-order valence-corrected chi connectivity index (χ0v) is 14.4. The molecule has 2 heterocycles. The van der Waals surface area contributed by atoms with Gasteiger partial charge in [0.2, 0.25) is 0 Å². The number of anilines is 1. The van der Waals surface area contributed by atoms with E-state index in [0.29, 0.717) is 17.0 Å². The average molecular weight is 364 g/mol. The highest BCUT2D eigenvalue weighted by Crippen LogP contribution is 2.45. The van der Waals surface area contributed by atoms with Crippen LogP contribution in [0.1, 0.15) is 29.5 Å². The first-order valence-corrected chi connectivity index (χ1v) is 9.29. The fourth-order valence-corrected chi connectivity index (χ4v) is 4.60. The second-order valence-corrected chi connectivity index (χ2v) is 7.64. The lowest BCUT2D eigenvalue weighted by atomic mass is 9.98. The van der Waals surface area contributed by atoms with Crippen LogP contribution in [0.15, 0.2) is 46.2 Å². The first-order chi connectivity index (χ1) is 12.0. The largest absolute Gasteiger partial charge is 0.416 e. The van der Waals surface area contributed by atoms with E-state index >= 15 is 0 Å². The molecule has 25 heavy (non-hydrogen) atoms. The quantitative estimate of drug-likeness (QED) is 0.675. The van der Waals surface area contributed by atoms with Gasteiger partial charge in [-0.05, 0) is 55.3 Å². The maximum Gasteiger partial charge on any atom is 0.416 e. The van der Waals surface area contributed by atoms with Gasteiger partial charge in [-0.3, -0.25) is 0 Å². The minimum atomic E-state index is -4.34. The van der Waals surface area contributed by atoms with Crippen LogP contribution in [-0.4, -0.2) is 19.1 Å². The summed E-state index contributed by atoms with van der Waals surface area (Å²) in [6, 6.07) is 10.7. The van der Waals surface area contributed by atoms with Gasteiger partial charge in [0.1, 0.15) is 0 Å². The lowest BCUT2D eigenvalue weighted by molar-refractivity contribution is -0.137. The number of piperidine rings is 1. The van der Waals surface area contributed by atoms with Gasteiger partial charge in [0, 0.05) is 27.9 Å². The maximum atomic E-state index is 13.4. The summed E-state index contributed by atoms with van der Waals surface area (Å²) in [4.78, 5) is 1.76. The molecule has 0 aliphatic carbocycles. The standard InChI is InChI=1S/C19H19F3N2S/c20-19(21,22)13-10-16(24-14-5-7-23-8-6-14)15-9-12-3-1-2-4-17(12)25-18(15)11-13/h1-4,10-11,14,23-24H,5-9H2. The first-order valence-electron chi connectivity index (χ1n) is 8.48. The second kappa shape index (κ2) is 6.57. The van der Waals surface area contributed by atoms with Crippen molar-refractivity contribution in [3.8, 4) is 0 Å². The number of halogens is 3. The highest BCUT2D eigenvalue weighted by atomic mass is 32.2. The third-order valence-electron chi connectivity index (χ3n) is 4.79. The molecule has 2 N–H and O–H groups in total. The molecule has 0 amide bonds. The van der Waals surface area contributed by atoms with Crippen LogP contribution in [0.3, 0.4) is 0 Å². The van der Waals surface area contributed by atoms with Crippen molar-refractivity contribution in [2.75, 3.05) is 18.4 Å². The molecule has 1 fully saturated rings. The van der Waals surface area contributed by atoms with Gasteiger partial charge >= 0.3 is 6.18 Å². The highest BCUT2D eigenvalue weighted by Gasteiger charge is 2.33. The Balaban J connectivity index is 1.74. The lowest BCUT2D eigenvalue weighted by Gasteiger charge is -2.29. The van der Waals surface area contributed by atoms with Crippen molar-refractivity contribution < 1.29 is 13.2 Å². The Hall–Kier alpha value is -1.66. The molecule has 4 rings (SSSR count). The van der Waals surface area contributed by atoms with Crippen molar-refractivity contribution in [3.05, 3.63) is 53.1 Å². The van der Waals surface area contributed by atoms with Crippen LogP contribution >= 0.6 is 11.8 Å². The molecule has 2 aromatic carbocycles. The Morgan fingerprint density at radius 2 is 1.80 bits per heavy atom. The Labute approximate surface area is 149 Å². The summed E-state index contributed by atoms with van der Waals surface area (Å²) < 4.78 is 40.1. The van der Waals surface area contributed by atoms with E-state index in [2.05, 4.69) is 16.7 Å². The van der Waals surface area contributed by atoms with E-state index < -0.39 is 11.7 Å². The van der Waals surface area contributed by atoms with Crippen LogP contribution in [0.2, 0.25) is 0 Å². The van der Waals surface area contributed by atoms with E-state index in [1.807, 2.05) is 18.2 Å². The molecule has 0 aromatic heterocycles. The van der Waals surface area contributed by atoms with Gasteiger partial charge in [-0.15, -0.1) is 0 Å². The molecule has 0 saturated carbocycles. The number of benzene rings is 2. The van der Waals surface area contributed by atoms with Crippen LogP contribution in [-0.2, 0) is 12.6 Å². The fraction of sp³-hybridized carbons (Fsp3) is 0.368. The Bertz CT molecular complexity index is 783. The average Bonchev–Trinajstić information content (AvgIpc) is 2.60. The third-order valence-corrected chi connectivity index (χ3v) is 6.00. The summed E-state index contributed by atoms with van der Waals surface area (Å²) in [5.41, 5.74) is 2.22. The zero-order valence-electron chi connectivity index (χ0n) is 13.6. The van der Waals surface area contributed by atoms with Crippen LogP contribution < -0.4 is 10.6 Å². The summed E-state index contributed by atoms with van der Waals surface area (Å²) in [5.74, 6) is 0. The van der Waals surface area contributed by atoms with E-state index in [0.717, 1.165) is 36.4 Å². The van der Waals surface area contributed by atoms with Crippen molar-refractivity contribution in [2.24, 2.45) is 0 Å². The molecule has 2 aromatic rings. The maximum absolute atomic E-state index is 13.4. The zero-order chi connectivity index (χ0) is 17.4. The number of alkyl halides is 3. The SMILES string of the molecule is FC(F)(F)c1cc(NC2CCNCC2)c2c(c1)Sc1ccccc1C2. The van der Waals surface area contributed by atoms with Gasteiger partial charge in [0.15, 0.2) is 0 Å². The molecular weight excluding hydrogens is 345 g/mol. The summed E-state index contributed by atoms with van der Waals surface area (Å²) in [5, 5.41) is 6.69. The Morgan fingerprint density at radius 3 is 2.56 bits per heavy atom. The molecule has 6 heteroatoms. The number of rotatable bonds is 2. The van der Waals surface area contributed by atoms with Crippen molar-refractivity contribution in [1.29, 1.82) is 0 Å². The molecule has 0 atom stereocenters. The van der Waals surface area contributed by atoms with Crippen LogP contribution in [0.25, 0.3) is 0 Å². The van der Waals surface area contributed by atoms with E-state index in [9.17, 15) is 13.2 Å². The molecule has 0 unspecified atom stereocenters. The minimum Gasteiger partial charge on any atom is -0.382 e. The summed E-state index contributed by atoms with van der Waals surface area (Å²) in [6.45, 7) is 1.80. The van der Waals surface area contributed by atoms with Crippen molar-refractivity contribution in [3.63, 3.8) is 0 Å². The predicted molar refractivity (Wildman–Crippen MR) is 94.3 cm³/mol. The third kappa shape index (κ3) is 3.51. The Morgan fingerprint density at radius 1 is 1.04 bits per heavy atom. The van der Waals surface area contributed by atoms with Crippen LogP contribution in [0.4, 0.5) is 18.9 Å². The predicted octanol–water partition coefficient (Wildman–Crippen LogP) is 4.92. The summed E-state index contributed by atoms with van der Waals surface area (Å²) in [6.07, 6.45) is -1.81. The molecule has 0 radical (unpaired) electrons. The van der Waals surface area contributed by atoms with Crippen molar-refractivity contribution >= 4 is 17.4 Å². The molecule has 2 aliphatic heterocycles. The van der Waals surface area contributed by atoms with E-state index in [1.54, 1.807) is 0 Å². The van der Waals surface area contributed by atoms with Gasteiger partial charge < -0.3 is 10.6 Å². The fourth-order valence-electron chi connectivity index (χ4n) is 3.46. The first kappa shape index (κ1) is 16.8. The molecule has 0 spiro atoms. The molecule has 0 bridgehead atoms. The smallest absolute Gasteiger partial charge is 0.382 e. The van der Waals surface area contributed by atoms with E-state index in [4.69, 9.17) is 0 Å². The number of nitrogens with one attached hydrogen (secondary N) is 2. The molecular formula is C19H19F3N2S. The molecule has 2 aliphatic rings. The molecule has 2 nitrogen and oxygen atoms in total. The number of hydrogen-bond donors (Lipinski definition) is 2. The molecule has 1 saturated heterocycles. The van der Waals surface area contributed by atoms with Gasteiger partial charge in [0.05, 0.1) is 5.56 Å². The minimum absolute atomic E-state index is 0.219. The normalized spacial score (nSPS) is 17.7. The Kier molecular flexibility index (Phi) is 4.41. The van der Waals surface area contributed by atoms with Crippen molar-refractivity contribution in [1.82, 2.24) is 5.32 Å². The summed E-state index contributed by atoms with van der Waals surface area (Å²) >= 11 is 1.44. The van der Waals surface area contributed by atoms with Crippen LogP contribution in [0, 0.1) is 0 Å². The van der Waals surface area contributed by atoms with Gasteiger partial charge in [-0.25, -0.2) is 0 Å². The highest BCUT2D eigenvalue weighted by molar-refractivity contribution is 7.99. The van der Waals surface area contributed by atoms with Gasteiger partial charge in [-0.1, -0.05) is 30.0 Å².